The first kappa shape index (κ1) is 20.3. The van der Waals surface area contributed by atoms with Crippen molar-refractivity contribution in [3.63, 3.8) is 0 Å². The minimum atomic E-state index is -3.36. The second-order valence-corrected chi connectivity index (χ2v) is 8.30. The molecule has 8 heteroatoms. The molecule has 5 nitrogen and oxygen atoms in total. The van der Waals surface area contributed by atoms with Gasteiger partial charge in [0, 0.05) is 11.8 Å². The summed E-state index contributed by atoms with van der Waals surface area (Å²) in [5, 5.41) is 3.68. The molecule has 0 saturated heterocycles. The largest absolute Gasteiger partial charge is 0.346 e. The van der Waals surface area contributed by atoms with Gasteiger partial charge in [-0.15, -0.1) is 0 Å². The number of anilines is 1. The lowest BCUT2D eigenvalue weighted by Gasteiger charge is -2.14. The van der Waals surface area contributed by atoms with Crippen LogP contribution in [0.4, 0.5) is 5.69 Å². The van der Waals surface area contributed by atoms with Gasteiger partial charge in [-0.2, -0.15) is 0 Å². The third-order valence-corrected chi connectivity index (χ3v) is 4.76. The van der Waals surface area contributed by atoms with Crippen LogP contribution in [0.1, 0.15) is 24.1 Å². The average molecular weight is 413 g/mol. The lowest BCUT2D eigenvalue weighted by molar-refractivity contribution is -0.117. The van der Waals surface area contributed by atoms with Gasteiger partial charge in [0.15, 0.2) is 0 Å². The Morgan fingerprint density at radius 2 is 1.85 bits per heavy atom. The fourth-order valence-electron chi connectivity index (χ4n) is 2.22. The molecule has 0 aliphatic rings. The highest BCUT2D eigenvalue weighted by atomic mass is 35.5. The Morgan fingerprint density at radius 3 is 2.50 bits per heavy atom. The number of carbonyl (C=O) groups excluding carboxylic acids is 1. The summed E-state index contributed by atoms with van der Waals surface area (Å²) in [6.07, 6.45) is 4.11. The van der Waals surface area contributed by atoms with Gasteiger partial charge in [0.1, 0.15) is 0 Å². The highest BCUT2D eigenvalue weighted by Crippen LogP contribution is 2.23. The van der Waals surface area contributed by atoms with Gasteiger partial charge in [0.25, 0.3) is 0 Å². The van der Waals surface area contributed by atoms with Gasteiger partial charge < -0.3 is 5.32 Å². The van der Waals surface area contributed by atoms with Crippen molar-refractivity contribution < 1.29 is 13.2 Å². The fraction of sp³-hybridized carbons (Fsp3) is 0.167. The van der Waals surface area contributed by atoms with E-state index in [1.165, 1.54) is 6.08 Å². The van der Waals surface area contributed by atoms with E-state index in [2.05, 4.69) is 10.0 Å². The van der Waals surface area contributed by atoms with Gasteiger partial charge in [-0.25, -0.2) is 8.42 Å². The molecule has 0 saturated carbocycles. The third kappa shape index (κ3) is 6.37. The highest BCUT2D eigenvalue weighted by Gasteiger charge is 2.09. The van der Waals surface area contributed by atoms with E-state index >= 15 is 0 Å². The molecule has 26 heavy (non-hydrogen) atoms. The van der Waals surface area contributed by atoms with Crippen LogP contribution in [0.5, 0.6) is 0 Å². The number of halogens is 2. The smallest absolute Gasteiger partial charge is 0.244 e. The summed E-state index contributed by atoms with van der Waals surface area (Å²) in [5.41, 5.74) is 1.97. The summed E-state index contributed by atoms with van der Waals surface area (Å²) >= 11 is 11.8. The van der Waals surface area contributed by atoms with E-state index in [0.717, 1.165) is 17.4 Å². The quantitative estimate of drug-likeness (QED) is 0.695. The maximum absolute atomic E-state index is 12.1. The van der Waals surface area contributed by atoms with Gasteiger partial charge in [0.2, 0.25) is 15.9 Å². The molecule has 1 amide bonds. The molecular formula is C18H18Cl2N2O3S. The normalized spacial score (nSPS) is 12.8. The van der Waals surface area contributed by atoms with Crippen LogP contribution in [0.15, 0.2) is 48.5 Å². The van der Waals surface area contributed by atoms with E-state index in [4.69, 9.17) is 23.2 Å². The van der Waals surface area contributed by atoms with Crippen LogP contribution in [-0.2, 0) is 14.8 Å². The predicted molar refractivity (Wildman–Crippen MR) is 107 cm³/mol. The third-order valence-electron chi connectivity index (χ3n) is 3.42. The summed E-state index contributed by atoms with van der Waals surface area (Å²) < 4.78 is 25.0. The van der Waals surface area contributed by atoms with E-state index in [1.54, 1.807) is 48.5 Å². The molecule has 138 valence electrons. The molecule has 2 rings (SSSR count). The molecule has 1 atom stereocenters. The van der Waals surface area contributed by atoms with Crippen molar-refractivity contribution in [1.29, 1.82) is 0 Å². The number of sulfonamides is 1. The summed E-state index contributed by atoms with van der Waals surface area (Å²) in [5.74, 6) is -0.287. The summed E-state index contributed by atoms with van der Waals surface area (Å²) in [6.45, 7) is 1.81. The first-order valence-corrected chi connectivity index (χ1v) is 10.3. The SMILES string of the molecule is C[C@H](NC(=O)/C=C/c1ccc(Cl)c(Cl)c1)c1cccc(NS(C)(=O)=O)c1. The molecule has 0 radical (unpaired) electrons. The average Bonchev–Trinajstić information content (AvgIpc) is 2.54. The number of carbonyl (C=O) groups is 1. The molecule has 2 aromatic carbocycles. The predicted octanol–water partition coefficient (Wildman–Crippen LogP) is 4.26. The molecule has 0 aromatic heterocycles. The van der Waals surface area contributed by atoms with Crippen molar-refractivity contribution in [1.82, 2.24) is 5.32 Å². The van der Waals surface area contributed by atoms with Crippen molar-refractivity contribution in [2.75, 3.05) is 11.0 Å². The van der Waals surface area contributed by atoms with E-state index < -0.39 is 10.0 Å². The standard InChI is InChI=1S/C18H18Cl2N2O3S/c1-12(14-4-3-5-15(11-14)22-26(2,24)25)21-18(23)9-7-13-6-8-16(19)17(20)10-13/h3-12,22H,1-2H3,(H,21,23)/b9-7+/t12-/m0/s1. The zero-order chi connectivity index (χ0) is 19.3. The number of benzene rings is 2. The van der Waals surface area contributed by atoms with E-state index in [0.29, 0.717) is 15.7 Å². The molecule has 0 heterocycles. The summed E-state index contributed by atoms with van der Waals surface area (Å²) in [7, 11) is -3.36. The molecule has 0 bridgehead atoms. The highest BCUT2D eigenvalue weighted by molar-refractivity contribution is 7.92. The number of rotatable bonds is 6. The van der Waals surface area contributed by atoms with Gasteiger partial charge in [0.05, 0.1) is 22.3 Å². The Kier molecular flexibility index (Phi) is 6.69. The lowest BCUT2D eigenvalue weighted by Crippen LogP contribution is -2.24. The van der Waals surface area contributed by atoms with Crippen LogP contribution in [0.25, 0.3) is 6.08 Å². The van der Waals surface area contributed by atoms with Crippen molar-refractivity contribution >= 4 is 50.9 Å². The zero-order valence-electron chi connectivity index (χ0n) is 14.2. The van der Waals surface area contributed by atoms with Crippen LogP contribution >= 0.6 is 23.2 Å². The molecule has 2 aromatic rings. The van der Waals surface area contributed by atoms with E-state index in [1.807, 2.05) is 6.92 Å². The van der Waals surface area contributed by atoms with Crippen LogP contribution < -0.4 is 10.0 Å². The molecule has 0 fully saturated rings. The topological polar surface area (TPSA) is 75.3 Å². The lowest BCUT2D eigenvalue weighted by atomic mass is 10.1. The second-order valence-electron chi connectivity index (χ2n) is 5.74. The maximum atomic E-state index is 12.1. The summed E-state index contributed by atoms with van der Waals surface area (Å²) in [4.78, 5) is 12.1. The number of hydrogen-bond donors (Lipinski definition) is 2. The molecule has 0 aliphatic heterocycles. The maximum Gasteiger partial charge on any atom is 0.244 e. The van der Waals surface area contributed by atoms with Gasteiger partial charge >= 0.3 is 0 Å². The molecule has 0 spiro atoms. The van der Waals surface area contributed by atoms with Gasteiger partial charge in [-0.3, -0.25) is 9.52 Å². The number of hydrogen-bond acceptors (Lipinski definition) is 3. The summed E-state index contributed by atoms with van der Waals surface area (Å²) in [6, 6.07) is 11.6. The fourth-order valence-corrected chi connectivity index (χ4v) is 3.08. The van der Waals surface area contributed by atoms with Crippen LogP contribution in [0.2, 0.25) is 10.0 Å². The minimum absolute atomic E-state index is 0.287. The molecule has 0 aliphatic carbocycles. The number of amides is 1. The van der Waals surface area contributed by atoms with E-state index in [-0.39, 0.29) is 11.9 Å². The molecule has 0 unspecified atom stereocenters. The first-order valence-electron chi connectivity index (χ1n) is 7.65. The van der Waals surface area contributed by atoms with Crippen molar-refractivity contribution in [2.24, 2.45) is 0 Å². The Labute approximate surface area is 163 Å². The van der Waals surface area contributed by atoms with Crippen LogP contribution in [-0.4, -0.2) is 20.6 Å². The second kappa shape index (κ2) is 8.58. The van der Waals surface area contributed by atoms with Crippen molar-refractivity contribution in [3.05, 3.63) is 69.7 Å². The Balaban J connectivity index is 2.03. The Morgan fingerprint density at radius 1 is 1.12 bits per heavy atom. The molecule has 2 N–H and O–H groups in total. The van der Waals surface area contributed by atoms with Crippen molar-refractivity contribution in [3.8, 4) is 0 Å². The van der Waals surface area contributed by atoms with E-state index in [9.17, 15) is 13.2 Å². The van der Waals surface area contributed by atoms with Crippen molar-refractivity contribution in [2.45, 2.75) is 13.0 Å². The Bertz CT molecular complexity index is 943. The molecular weight excluding hydrogens is 395 g/mol. The Hall–Kier alpha value is -2.02. The van der Waals surface area contributed by atoms with Crippen LogP contribution in [0.3, 0.4) is 0 Å². The van der Waals surface area contributed by atoms with Crippen LogP contribution in [0, 0.1) is 0 Å². The minimum Gasteiger partial charge on any atom is -0.346 e. The van der Waals surface area contributed by atoms with Gasteiger partial charge in [-0.1, -0.05) is 41.4 Å². The first-order chi connectivity index (χ1) is 12.1. The number of nitrogens with one attached hydrogen (secondary N) is 2. The monoisotopic (exact) mass is 412 g/mol. The zero-order valence-corrected chi connectivity index (χ0v) is 16.5. The van der Waals surface area contributed by atoms with Gasteiger partial charge in [-0.05, 0) is 48.4 Å².